The number of carbonyl (C=O) groups is 1. The van der Waals surface area contributed by atoms with E-state index in [9.17, 15) is 9.90 Å². The Morgan fingerprint density at radius 1 is 1.59 bits per heavy atom. The molecule has 1 aliphatic heterocycles. The van der Waals surface area contributed by atoms with Crippen molar-refractivity contribution in [2.75, 3.05) is 26.2 Å². The van der Waals surface area contributed by atoms with E-state index >= 15 is 0 Å². The van der Waals surface area contributed by atoms with Crippen molar-refractivity contribution >= 4 is 5.91 Å². The third-order valence-electron chi connectivity index (χ3n) is 3.19. The fourth-order valence-electron chi connectivity index (χ4n) is 1.94. The maximum atomic E-state index is 11.5. The highest BCUT2D eigenvalue weighted by molar-refractivity contribution is 5.75. The van der Waals surface area contributed by atoms with Crippen molar-refractivity contribution < 1.29 is 15.0 Å². The molecule has 1 aliphatic rings. The van der Waals surface area contributed by atoms with Gasteiger partial charge in [-0.1, -0.05) is 0 Å². The van der Waals surface area contributed by atoms with Gasteiger partial charge in [-0.2, -0.15) is 0 Å². The lowest BCUT2D eigenvalue weighted by Crippen LogP contribution is -2.43. The molecule has 1 rings (SSSR count). The number of carbonyl (C=O) groups excluding carboxylic acids is 1. The largest absolute Gasteiger partial charge is 0.393 e. The Hall–Kier alpha value is -0.650. The van der Waals surface area contributed by atoms with Gasteiger partial charge < -0.3 is 20.8 Å². The molecular weight excluding hydrogens is 220 g/mol. The summed E-state index contributed by atoms with van der Waals surface area (Å²) in [5.41, 5.74) is -1.22. The highest BCUT2D eigenvalue weighted by atomic mass is 16.3. The Morgan fingerprint density at radius 3 is 2.94 bits per heavy atom. The Morgan fingerprint density at radius 2 is 2.35 bits per heavy atom. The van der Waals surface area contributed by atoms with Crippen LogP contribution in [0.2, 0.25) is 0 Å². The Balaban J connectivity index is 2.12. The first kappa shape index (κ1) is 14.4. The number of hydrogen-bond donors (Lipinski definition) is 4. The van der Waals surface area contributed by atoms with Gasteiger partial charge in [-0.05, 0) is 45.2 Å². The molecule has 0 aromatic heterocycles. The van der Waals surface area contributed by atoms with Crippen molar-refractivity contribution in [1.82, 2.24) is 10.6 Å². The summed E-state index contributed by atoms with van der Waals surface area (Å²) in [6, 6.07) is 0. The first-order chi connectivity index (χ1) is 8.03. The standard InChI is InChI=1S/C12H24N2O3/c1-12(17,9-15)8-14-11(16)5-4-10-3-2-6-13-7-10/h10,13,15,17H,2-9H2,1H3,(H,14,16). The smallest absolute Gasteiger partial charge is 0.220 e. The fraction of sp³-hybridized carbons (Fsp3) is 0.917. The van der Waals surface area contributed by atoms with Gasteiger partial charge in [0.25, 0.3) is 0 Å². The first-order valence-corrected chi connectivity index (χ1v) is 6.34. The molecule has 4 N–H and O–H groups in total. The first-order valence-electron chi connectivity index (χ1n) is 6.34. The van der Waals surface area contributed by atoms with Crippen molar-refractivity contribution in [3.05, 3.63) is 0 Å². The number of amides is 1. The monoisotopic (exact) mass is 244 g/mol. The third-order valence-corrected chi connectivity index (χ3v) is 3.19. The molecule has 0 saturated carbocycles. The maximum absolute atomic E-state index is 11.5. The minimum atomic E-state index is -1.22. The predicted molar refractivity (Wildman–Crippen MR) is 65.5 cm³/mol. The van der Waals surface area contributed by atoms with Crippen LogP contribution in [0.3, 0.4) is 0 Å². The molecule has 1 heterocycles. The molecule has 0 aromatic carbocycles. The number of hydrogen-bond acceptors (Lipinski definition) is 4. The molecule has 0 spiro atoms. The molecule has 17 heavy (non-hydrogen) atoms. The molecule has 0 radical (unpaired) electrons. The van der Waals surface area contributed by atoms with Gasteiger partial charge in [-0.15, -0.1) is 0 Å². The summed E-state index contributed by atoms with van der Waals surface area (Å²) in [7, 11) is 0. The third kappa shape index (κ3) is 6.00. The number of nitrogens with one attached hydrogen (secondary N) is 2. The second-order valence-electron chi connectivity index (χ2n) is 5.18. The molecule has 0 bridgehead atoms. The lowest BCUT2D eigenvalue weighted by atomic mass is 9.94. The van der Waals surface area contributed by atoms with E-state index in [1.54, 1.807) is 0 Å². The van der Waals surface area contributed by atoms with Crippen LogP contribution >= 0.6 is 0 Å². The normalized spacial score (nSPS) is 24.1. The second kappa shape index (κ2) is 6.93. The van der Waals surface area contributed by atoms with Crippen LogP contribution in [-0.4, -0.2) is 48.0 Å². The van der Waals surface area contributed by atoms with Crippen LogP contribution < -0.4 is 10.6 Å². The van der Waals surface area contributed by atoms with E-state index in [0.717, 1.165) is 19.5 Å². The van der Waals surface area contributed by atoms with E-state index in [-0.39, 0.29) is 19.1 Å². The van der Waals surface area contributed by atoms with Crippen molar-refractivity contribution in [1.29, 1.82) is 0 Å². The molecule has 5 nitrogen and oxygen atoms in total. The summed E-state index contributed by atoms with van der Waals surface area (Å²) in [5, 5.41) is 24.3. The summed E-state index contributed by atoms with van der Waals surface area (Å²) in [5.74, 6) is 0.539. The van der Waals surface area contributed by atoms with Gasteiger partial charge in [0.05, 0.1) is 6.61 Å². The van der Waals surface area contributed by atoms with Crippen LogP contribution in [0.15, 0.2) is 0 Å². The second-order valence-corrected chi connectivity index (χ2v) is 5.18. The van der Waals surface area contributed by atoms with E-state index in [4.69, 9.17) is 5.11 Å². The van der Waals surface area contributed by atoms with E-state index < -0.39 is 5.60 Å². The zero-order valence-corrected chi connectivity index (χ0v) is 10.5. The zero-order valence-electron chi connectivity index (χ0n) is 10.5. The Labute approximate surface area is 103 Å². The van der Waals surface area contributed by atoms with Gasteiger partial charge in [0.15, 0.2) is 0 Å². The fourth-order valence-corrected chi connectivity index (χ4v) is 1.94. The average molecular weight is 244 g/mol. The molecule has 2 atom stereocenters. The van der Waals surface area contributed by atoms with Gasteiger partial charge in [0.2, 0.25) is 5.91 Å². The van der Waals surface area contributed by atoms with Gasteiger partial charge in [0, 0.05) is 13.0 Å². The molecule has 100 valence electrons. The topological polar surface area (TPSA) is 81.6 Å². The van der Waals surface area contributed by atoms with E-state index in [1.165, 1.54) is 19.8 Å². The maximum Gasteiger partial charge on any atom is 0.220 e. The van der Waals surface area contributed by atoms with Crippen LogP contribution in [0.4, 0.5) is 0 Å². The average Bonchev–Trinajstić information content (AvgIpc) is 2.35. The van der Waals surface area contributed by atoms with Gasteiger partial charge >= 0.3 is 0 Å². The zero-order chi connectivity index (χ0) is 12.7. The minimum absolute atomic E-state index is 0.0516. The predicted octanol–water partition coefficient (Wildman–Crippen LogP) is -0.374. The van der Waals surface area contributed by atoms with Crippen LogP contribution in [0.1, 0.15) is 32.6 Å². The quantitative estimate of drug-likeness (QED) is 0.514. The number of aliphatic hydroxyl groups excluding tert-OH is 1. The summed E-state index contributed by atoms with van der Waals surface area (Å²) in [4.78, 5) is 11.5. The molecule has 5 heteroatoms. The minimum Gasteiger partial charge on any atom is -0.393 e. The number of piperidine rings is 1. The number of aliphatic hydroxyl groups is 2. The molecule has 1 saturated heterocycles. The molecule has 0 aliphatic carbocycles. The van der Waals surface area contributed by atoms with Crippen molar-refractivity contribution in [2.45, 2.75) is 38.2 Å². The van der Waals surface area contributed by atoms with E-state index in [2.05, 4.69) is 10.6 Å². The molecule has 1 fully saturated rings. The molecule has 2 unspecified atom stereocenters. The highest BCUT2D eigenvalue weighted by Gasteiger charge is 2.20. The van der Waals surface area contributed by atoms with Crippen LogP contribution in [0.5, 0.6) is 0 Å². The Kier molecular flexibility index (Phi) is 5.88. The van der Waals surface area contributed by atoms with Crippen LogP contribution in [0, 0.1) is 5.92 Å². The SMILES string of the molecule is CC(O)(CO)CNC(=O)CCC1CCCNC1. The van der Waals surface area contributed by atoms with Gasteiger partial charge in [-0.25, -0.2) is 0 Å². The Bertz CT molecular complexity index is 238. The molecule has 1 amide bonds. The number of rotatable bonds is 6. The highest BCUT2D eigenvalue weighted by Crippen LogP contribution is 2.15. The van der Waals surface area contributed by atoms with Gasteiger partial charge in [-0.3, -0.25) is 4.79 Å². The van der Waals surface area contributed by atoms with E-state index in [1.807, 2.05) is 0 Å². The van der Waals surface area contributed by atoms with Crippen LogP contribution in [-0.2, 0) is 4.79 Å². The van der Waals surface area contributed by atoms with Crippen LogP contribution in [0.25, 0.3) is 0 Å². The summed E-state index contributed by atoms with van der Waals surface area (Å²) in [6.07, 6.45) is 3.76. The van der Waals surface area contributed by atoms with Gasteiger partial charge in [0.1, 0.15) is 5.60 Å². The lowest BCUT2D eigenvalue weighted by Gasteiger charge is -2.23. The molecular formula is C12H24N2O3. The summed E-state index contributed by atoms with van der Waals surface area (Å²) < 4.78 is 0. The van der Waals surface area contributed by atoms with Crippen molar-refractivity contribution in [3.8, 4) is 0 Å². The lowest BCUT2D eigenvalue weighted by molar-refractivity contribution is -0.122. The molecule has 0 aromatic rings. The van der Waals surface area contributed by atoms with Crippen molar-refractivity contribution in [3.63, 3.8) is 0 Å². The summed E-state index contributed by atoms with van der Waals surface area (Å²) in [6.45, 7) is 3.34. The van der Waals surface area contributed by atoms with Crippen molar-refractivity contribution in [2.24, 2.45) is 5.92 Å². The summed E-state index contributed by atoms with van der Waals surface area (Å²) >= 11 is 0. The van der Waals surface area contributed by atoms with E-state index in [0.29, 0.717) is 12.3 Å².